The SMILES string of the molecule is CC1(C)CCC(C)(C)c2cc3c(cc21)sc1cccc(Nc2ccc4sc5cc6c(cc5c4c2-c2cc(-c4ccccc4)cc4c2Bc2cccc5c7cc8ccccc8cc7n-4c25)C(C)(C)CCC6(C)C)c13. The molecule has 5 heteroatoms. The van der Waals surface area contributed by atoms with Crippen LogP contribution in [0.25, 0.3) is 101 Å². The molecule has 0 bridgehead atoms. The van der Waals surface area contributed by atoms with Gasteiger partial charge in [0.1, 0.15) is 0 Å². The van der Waals surface area contributed by atoms with Crippen LogP contribution in [0.3, 0.4) is 0 Å². The summed E-state index contributed by atoms with van der Waals surface area (Å²) in [6, 6.07) is 59.0. The predicted octanol–water partition coefficient (Wildman–Crippen LogP) is 18.1. The summed E-state index contributed by atoms with van der Waals surface area (Å²) in [6.45, 7) is 19.7. The fourth-order valence-corrected chi connectivity index (χ4v) is 16.2. The van der Waals surface area contributed by atoms with Crippen molar-refractivity contribution in [2.24, 2.45) is 0 Å². The van der Waals surface area contributed by atoms with E-state index < -0.39 is 0 Å². The fraction of sp³-hybridized carbons (Fsp3) is 0.235. The third-order valence-corrected chi connectivity index (χ3v) is 20.5. The molecule has 0 saturated heterocycles. The molecule has 2 aliphatic carbocycles. The third-order valence-electron chi connectivity index (χ3n) is 18.3. The molecule has 356 valence electrons. The van der Waals surface area contributed by atoms with Gasteiger partial charge in [0.25, 0.3) is 0 Å². The van der Waals surface area contributed by atoms with Crippen molar-refractivity contribution in [2.45, 2.75) is 103 Å². The van der Waals surface area contributed by atoms with Crippen molar-refractivity contribution in [3.05, 3.63) is 174 Å². The second-order valence-electron chi connectivity index (χ2n) is 24.6. The Hall–Kier alpha value is -6.66. The molecule has 0 fully saturated rings. The molecule has 3 aromatic heterocycles. The highest BCUT2D eigenvalue weighted by molar-refractivity contribution is 7.26. The lowest BCUT2D eigenvalue weighted by molar-refractivity contribution is 0.332. The van der Waals surface area contributed by atoms with Gasteiger partial charge in [-0.25, -0.2) is 0 Å². The van der Waals surface area contributed by atoms with E-state index in [1.54, 1.807) is 0 Å². The number of anilines is 2. The van der Waals surface area contributed by atoms with E-state index in [1.807, 2.05) is 22.7 Å². The molecule has 0 spiro atoms. The van der Waals surface area contributed by atoms with Gasteiger partial charge in [-0.1, -0.05) is 140 Å². The maximum Gasteiger partial charge on any atom is 0.198 e. The largest absolute Gasteiger partial charge is 0.354 e. The van der Waals surface area contributed by atoms with Gasteiger partial charge >= 0.3 is 0 Å². The molecule has 3 aliphatic rings. The van der Waals surface area contributed by atoms with Crippen LogP contribution < -0.4 is 16.2 Å². The Morgan fingerprint density at radius 2 is 1.04 bits per heavy atom. The summed E-state index contributed by atoms with van der Waals surface area (Å²) in [5.41, 5.74) is 20.5. The zero-order valence-electron chi connectivity index (χ0n) is 43.2. The minimum atomic E-state index is 0.0725. The Morgan fingerprint density at radius 1 is 0.452 bits per heavy atom. The average Bonchev–Trinajstić information content (AvgIpc) is 4.06. The van der Waals surface area contributed by atoms with Crippen molar-refractivity contribution in [1.29, 1.82) is 0 Å². The number of benzene rings is 9. The lowest BCUT2D eigenvalue weighted by Gasteiger charge is -2.42. The summed E-state index contributed by atoms with van der Waals surface area (Å²) >= 11 is 3.92. The van der Waals surface area contributed by atoms with Crippen LogP contribution in [0.5, 0.6) is 0 Å². The Kier molecular flexibility index (Phi) is 9.01. The van der Waals surface area contributed by atoms with Gasteiger partial charge in [0.2, 0.25) is 0 Å². The van der Waals surface area contributed by atoms with Gasteiger partial charge in [0.15, 0.2) is 7.28 Å². The zero-order valence-corrected chi connectivity index (χ0v) is 44.9. The van der Waals surface area contributed by atoms with Gasteiger partial charge in [-0.15, -0.1) is 22.7 Å². The second-order valence-corrected chi connectivity index (χ2v) is 26.8. The average molecular weight is 979 g/mol. The minimum Gasteiger partial charge on any atom is -0.354 e. The molecular weight excluding hydrogens is 920 g/mol. The van der Waals surface area contributed by atoms with Crippen LogP contribution in [0.15, 0.2) is 152 Å². The van der Waals surface area contributed by atoms with Crippen LogP contribution in [0.4, 0.5) is 11.4 Å². The van der Waals surface area contributed by atoms with E-state index in [-0.39, 0.29) is 21.7 Å². The van der Waals surface area contributed by atoms with Crippen molar-refractivity contribution in [1.82, 2.24) is 4.57 Å². The molecule has 0 atom stereocenters. The number of thiophene rings is 2. The Bertz CT molecular complexity index is 4380. The van der Waals surface area contributed by atoms with E-state index in [4.69, 9.17) is 0 Å². The van der Waals surface area contributed by atoms with Crippen molar-refractivity contribution < 1.29 is 0 Å². The third kappa shape index (κ3) is 6.34. The van der Waals surface area contributed by atoms with Crippen LogP contribution in [0.2, 0.25) is 0 Å². The topological polar surface area (TPSA) is 17.0 Å². The summed E-state index contributed by atoms with van der Waals surface area (Å²) < 4.78 is 8.05. The first-order chi connectivity index (χ1) is 35.1. The smallest absolute Gasteiger partial charge is 0.198 e. The molecule has 0 unspecified atom stereocenters. The number of rotatable bonds is 4. The predicted molar refractivity (Wildman–Crippen MR) is 322 cm³/mol. The highest BCUT2D eigenvalue weighted by Crippen LogP contribution is 2.54. The number of para-hydroxylation sites is 1. The fourth-order valence-electron chi connectivity index (χ4n) is 13.9. The number of fused-ring (bicyclic) bond motifs is 14. The number of nitrogens with zero attached hydrogens (tertiary/aromatic N) is 1. The summed E-state index contributed by atoms with van der Waals surface area (Å²) in [5, 5.41) is 14.9. The molecule has 12 aromatic rings. The van der Waals surface area contributed by atoms with Crippen LogP contribution >= 0.6 is 22.7 Å². The molecule has 1 N–H and O–H groups in total. The maximum atomic E-state index is 4.30. The monoisotopic (exact) mass is 978 g/mol. The summed E-state index contributed by atoms with van der Waals surface area (Å²) in [4.78, 5) is 0. The number of nitrogens with one attached hydrogen (secondary N) is 1. The molecule has 73 heavy (non-hydrogen) atoms. The van der Waals surface area contributed by atoms with Gasteiger partial charge in [-0.2, -0.15) is 0 Å². The summed E-state index contributed by atoms with van der Waals surface area (Å²) in [6.07, 6.45) is 4.77. The van der Waals surface area contributed by atoms with Gasteiger partial charge in [-0.05, 0) is 175 Å². The first kappa shape index (κ1) is 43.9. The Balaban J connectivity index is 1.06. The number of hydrogen-bond acceptors (Lipinski definition) is 3. The molecule has 0 amide bonds. The maximum absolute atomic E-state index is 4.30. The quantitative estimate of drug-likeness (QED) is 0.174. The van der Waals surface area contributed by atoms with Crippen LogP contribution in [-0.4, -0.2) is 11.8 Å². The van der Waals surface area contributed by atoms with E-state index in [0.717, 1.165) is 13.0 Å². The zero-order chi connectivity index (χ0) is 49.5. The van der Waals surface area contributed by atoms with Gasteiger partial charge in [0, 0.05) is 79.3 Å². The number of hydrogen-bond donors (Lipinski definition) is 1. The first-order valence-corrected chi connectivity index (χ1v) is 28.2. The van der Waals surface area contributed by atoms with E-state index in [2.05, 4.69) is 217 Å². The molecule has 4 heterocycles. The van der Waals surface area contributed by atoms with Gasteiger partial charge in [-0.3, -0.25) is 0 Å². The first-order valence-electron chi connectivity index (χ1n) is 26.6. The van der Waals surface area contributed by atoms with Crippen molar-refractivity contribution in [3.8, 4) is 27.9 Å². The lowest BCUT2D eigenvalue weighted by atomic mass is 9.58. The van der Waals surface area contributed by atoms with Crippen molar-refractivity contribution >= 4 is 125 Å². The molecule has 9 aromatic carbocycles. The molecule has 0 saturated carbocycles. The molecule has 1 aliphatic heterocycles. The van der Waals surface area contributed by atoms with E-state index >= 15 is 0 Å². The van der Waals surface area contributed by atoms with Gasteiger partial charge in [0.05, 0.1) is 5.52 Å². The normalized spacial score (nSPS) is 17.1. The van der Waals surface area contributed by atoms with Crippen LogP contribution in [0.1, 0.15) is 103 Å². The standard InChI is InChI=1S/C68H59BN2S2/c1-65(2)26-28-67(5,6)49-36-58-44(34-47(49)65)60-52(22-15-23-56(60)72-58)70-53-24-25-57-62(45-35-48-50(37-59(45)73-57)68(7,8)29-27-66(48,3)4)61(53)46-31-41(38-16-10-9-11-17-38)33-55-63(46)69-51-21-14-20-42-43-30-39-18-12-13-19-40(39)32-54(43)71(55)64(42)51/h9-25,30-37,69-70H,26-29H2,1-8H3. The lowest BCUT2D eigenvalue weighted by Crippen LogP contribution is -2.37. The van der Waals surface area contributed by atoms with E-state index in [9.17, 15) is 0 Å². The van der Waals surface area contributed by atoms with Crippen molar-refractivity contribution in [3.63, 3.8) is 0 Å². The van der Waals surface area contributed by atoms with Crippen LogP contribution in [-0.2, 0) is 21.7 Å². The highest BCUT2D eigenvalue weighted by atomic mass is 32.1. The van der Waals surface area contributed by atoms with Crippen molar-refractivity contribution in [2.75, 3.05) is 5.32 Å². The van der Waals surface area contributed by atoms with Crippen LogP contribution in [0, 0.1) is 0 Å². The highest BCUT2D eigenvalue weighted by Gasteiger charge is 2.40. The Morgan fingerprint density at radius 3 is 1.71 bits per heavy atom. The Labute approximate surface area is 436 Å². The molecule has 2 nitrogen and oxygen atoms in total. The molecular formula is C68H59BN2S2. The molecule has 15 rings (SSSR count). The van der Waals surface area contributed by atoms with E-state index in [0.29, 0.717) is 0 Å². The summed E-state index contributed by atoms with van der Waals surface area (Å²) in [7, 11) is 0.837. The molecule has 0 radical (unpaired) electrons. The van der Waals surface area contributed by atoms with E-state index in [1.165, 1.54) is 165 Å². The van der Waals surface area contributed by atoms with Gasteiger partial charge < -0.3 is 9.88 Å². The number of aromatic nitrogens is 1. The second kappa shape index (κ2) is 15.0. The summed E-state index contributed by atoms with van der Waals surface area (Å²) in [5.74, 6) is 0. The minimum absolute atomic E-state index is 0.0725.